The van der Waals surface area contributed by atoms with Crippen molar-refractivity contribution in [1.29, 1.82) is 0 Å². The second kappa shape index (κ2) is 7.61. The fraction of sp³-hybridized carbons (Fsp3) is 0.333. The normalized spacial score (nSPS) is 13.2. The highest BCUT2D eigenvalue weighted by Crippen LogP contribution is 2.26. The van der Waals surface area contributed by atoms with Crippen LogP contribution in [0.2, 0.25) is 0 Å². The van der Waals surface area contributed by atoms with Crippen molar-refractivity contribution in [3.63, 3.8) is 0 Å². The number of hydrogen-bond donors (Lipinski definition) is 1. The number of nitro groups is 1. The standard InChI is InChI=1S/C15H14F3NO3/c1-2-3-14(20)10-12(15(16,17)18)7-4-11-5-8-13(9-6-11)19(21)22/h5-6,8-10,14,20H,2-3H2,1H3/b12-10+. The van der Waals surface area contributed by atoms with Gasteiger partial charge >= 0.3 is 6.18 Å². The molecular formula is C15H14F3NO3. The van der Waals surface area contributed by atoms with E-state index < -0.39 is 22.8 Å². The first-order valence-electron chi connectivity index (χ1n) is 6.47. The molecule has 1 aromatic carbocycles. The number of rotatable bonds is 4. The van der Waals surface area contributed by atoms with Gasteiger partial charge in [0.1, 0.15) is 5.57 Å². The van der Waals surface area contributed by atoms with Gasteiger partial charge in [0.15, 0.2) is 0 Å². The largest absolute Gasteiger partial charge is 0.423 e. The summed E-state index contributed by atoms with van der Waals surface area (Å²) in [4.78, 5) is 9.86. The molecule has 0 fully saturated rings. The van der Waals surface area contributed by atoms with Gasteiger partial charge in [0.2, 0.25) is 0 Å². The van der Waals surface area contributed by atoms with Crippen molar-refractivity contribution in [2.24, 2.45) is 0 Å². The Morgan fingerprint density at radius 2 is 2.00 bits per heavy atom. The first kappa shape index (κ1) is 17.7. The van der Waals surface area contributed by atoms with Crippen molar-refractivity contribution < 1.29 is 23.2 Å². The van der Waals surface area contributed by atoms with Crippen molar-refractivity contribution in [2.45, 2.75) is 32.0 Å². The van der Waals surface area contributed by atoms with E-state index in [2.05, 4.69) is 5.92 Å². The molecule has 0 aromatic heterocycles. The van der Waals surface area contributed by atoms with E-state index in [1.807, 2.05) is 5.92 Å². The molecule has 1 N–H and O–H groups in total. The molecule has 0 saturated heterocycles. The number of nitrogens with zero attached hydrogens (tertiary/aromatic N) is 1. The van der Waals surface area contributed by atoms with Crippen molar-refractivity contribution in [2.75, 3.05) is 0 Å². The van der Waals surface area contributed by atoms with Crippen LogP contribution < -0.4 is 0 Å². The monoisotopic (exact) mass is 313 g/mol. The minimum absolute atomic E-state index is 0.171. The molecule has 0 radical (unpaired) electrons. The van der Waals surface area contributed by atoms with Crippen LogP contribution in [0.5, 0.6) is 0 Å². The average molecular weight is 313 g/mol. The minimum Gasteiger partial charge on any atom is -0.389 e. The summed E-state index contributed by atoms with van der Waals surface area (Å²) in [5.74, 6) is 4.26. The number of allylic oxidation sites excluding steroid dienone is 1. The Morgan fingerprint density at radius 1 is 1.41 bits per heavy atom. The number of nitro benzene ring substituents is 1. The maximum absolute atomic E-state index is 12.8. The molecule has 0 bridgehead atoms. The highest BCUT2D eigenvalue weighted by molar-refractivity contribution is 5.45. The number of halogens is 3. The van der Waals surface area contributed by atoms with E-state index in [0.717, 1.165) is 12.1 Å². The van der Waals surface area contributed by atoms with Gasteiger partial charge in [-0.15, -0.1) is 0 Å². The lowest BCUT2D eigenvalue weighted by molar-refractivity contribution is -0.384. The Labute approximate surface area is 125 Å². The third-order valence-electron chi connectivity index (χ3n) is 2.67. The van der Waals surface area contributed by atoms with E-state index in [0.29, 0.717) is 12.5 Å². The Kier molecular flexibility index (Phi) is 6.13. The smallest absolute Gasteiger partial charge is 0.389 e. The van der Waals surface area contributed by atoms with E-state index in [9.17, 15) is 28.4 Å². The summed E-state index contributed by atoms with van der Waals surface area (Å²) in [7, 11) is 0. The molecule has 0 aliphatic carbocycles. The number of aliphatic hydroxyl groups excluding tert-OH is 1. The summed E-state index contributed by atoms with van der Waals surface area (Å²) in [5.41, 5.74) is -1.09. The van der Waals surface area contributed by atoms with Crippen LogP contribution in [0.3, 0.4) is 0 Å². The van der Waals surface area contributed by atoms with Crippen LogP contribution in [0.25, 0.3) is 0 Å². The molecule has 1 aromatic rings. The average Bonchev–Trinajstić information content (AvgIpc) is 2.43. The fourth-order valence-corrected chi connectivity index (χ4v) is 1.58. The van der Waals surface area contributed by atoms with Gasteiger partial charge in [-0.1, -0.05) is 25.2 Å². The molecule has 1 atom stereocenters. The predicted molar refractivity (Wildman–Crippen MR) is 75.0 cm³/mol. The first-order chi connectivity index (χ1) is 10.2. The van der Waals surface area contributed by atoms with E-state index in [1.165, 1.54) is 12.1 Å². The minimum atomic E-state index is -4.66. The maximum Gasteiger partial charge on any atom is 0.423 e. The summed E-state index contributed by atoms with van der Waals surface area (Å²) in [6, 6.07) is 4.85. The zero-order chi connectivity index (χ0) is 16.8. The Morgan fingerprint density at radius 3 is 2.45 bits per heavy atom. The molecule has 0 heterocycles. The van der Waals surface area contributed by atoms with Crippen LogP contribution in [0, 0.1) is 22.0 Å². The lowest BCUT2D eigenvalue weighted by Crippen LogP contribution is -2.14. The summed E-state index contributed by atoms with van der Waals surface area (Å²) in [5, 5.41) is 19.9. The molecule has 0 spiro atoms. The lowest BCUT2D eigenvalue weighted by atomic mass is 10.1. The van der Waals surface area contributed by atoms with Gasteiger partial charge in [0.25, 0.3) is 5.69 Å². The zero-order valence-corrected chi connectivity index (χ0v) is 11.7. The molecule has 1 unspecified atom stereocenters. The molecular weight excluding hydrogens is 299 g/mol. The second-order valence-electron chi connectivity index (χ2n) is 4.49. The molecule has 0 saturated carbocycles. The van der Waals surface area contributed by atoms with Crippen LogP contribution in [0.15, 0.2) is 35.9 Å². The van der Waals surface area contributed by atoms with Gasteiger partial charge < -0.3 is 5.11 Å². The molecule has 7 heteroatoms. The highest BCUT2D eigenvalue weighted by atomic mass is 19.4. The number of aliphatic hydroxyl groups is 1. The van der Waals surface area contributed by atoms with Crippen LogP contribution >= 0.6 is 0 Å². The molecule has 0 amide bonds. The van der Waals surface area contributed by atoms with Gasteiger partial charge in [0, 0.05) is 17.7 Å². The Balaban J connectivity index is 3.03. The predicted octanol–water partition coefficient (Wildman–Crippen LogP) is 3.60. The van der Waals surface area contributed by atoms with Gasteiger partial charge in [-0.05, 0) is 24.6 Å². The Hall–Kier alpha value is -2.33. The van der Waals surface area contributed by atoms with Gasteiger partial charge in [0.05, 0.1) is 11.0 Å². The van der Waals surface area contributed by atoms with Gasteiger partial charge in [-0.25, -0.2) is 0 Å². The van der Waals surface area contributed by atoms with Gasteiger partial charge in [-0.2, -0.15) is 13.2 Å². The SMILES string of the molecule is CCCC(O)/C=C(\C#Cc1ccc([N+](=O)[O-])cc1)C(F)(F)F. The topological polar surface area (TPSA) is 63.4 Å². The van der Waals surface area contributed by atoms with E-state index >= 15 is 0 Å². The third kappa shape index (κ3) is 5.58. The van der Waals surface area contributed by atoms with Crippen LogP contribution in [-0.4, -0.2) is 22.3 Å². The summed E-state index contributed by atoms with van der Waals surface area (Å²) in [6.45, 7) is 1.74. The second-order valence-corrected chi connectivity index (χ2v) is 4.49. The summed E-state index contributed by atoms with van der Waals surface area (Å²) < 4.78 is 38.5. The fourth-order valence-electron chi connectivity index (χ4n) is 1.58. The third-order valence-corrected chi connectivity index (χ3v) is 2.67. The number of benzene rings is 1. The lowest BCUT2D eigenvalue weighted by Gasteiger charge is -2.08. The Bertz CT molecular complexity index is 610. The number of non-ortho nitro benzene ring substituents is 1. The van der Waals surface area contributed by atoms with Crippen molar-refractivity contribution >= 4 is 5.69 Å². The molecule has 118 valence electrons. The quantitative estimate of drug-likeness (QED) is 0.525. The van der Waals surface area contributed by atoms with Gasteiger partial charge in [-0.3, -0.25) is 10.1 Å². The molecule has 4 nitrogen and oxygen atoms in total. The summed E-state index contributed by atoms with van der Waals surface area (Å²) >= 11 is 0. The van der Waals surface area contributed by atoms with E-state index in [1.54, 1.807) is 6.92 Å². The van der Waals surface area contributed by atoms with Crippen LogP contribution in [0.1, 0.15) is 25.3 Å². The molecule has 1 rings (SSSR count). The van der Waals surface area contributed by atoms with Crippen molar-refractivity contribution in [1.82, 2.24) is 0 Å². The van der Waals surface area contributed by atoms with Crippen LogP contribution in [0.4, 0.5) is 18.9 Å². The van der Waals surface area contributed by atoms with Crippen molar-refractivity contribution in [3.05, 3.63) is 51.6 Å². The summed E-state index contributed by atoms with van der Waals surface area (Å²) in [6.07, 6.45) is -4.45. The number of alkyl halides is 3. The van der Waals surface area contributed by atoms with E-state index in [4.69, 9.17) is 0 Å². The first-order valence-corrected chi connectivity index (χ1v) is 6.47. The molecule has 0 aliphatic heterocycles. The maximum atomic E-state index is 12.8. The molecule has 0 aliphatic rings. The van der Waals surface area contributed by atoms with Crippen molar-refractivity contribution in [3.8, 4) is 11.8 Å². The highest BCUT2D eigenvalue weighted by Gasteiger charge is 2.33. The van der Waals surface area contributed by atoms with Crippen LogP contribution in [-0.2, 0) is 0 Å². The number of hydrogen-bond acceptors (Lipinski definition) is 3. The van der Waals surface area contributed by atoms with E-state index in [-0.39, 0.29) is 17.7 Å². The molecule has 22 heavy (non-hydrogen) atoms. The zero-order valence-electron chi connectivity index (χ0n) is 11.7.